The first kappa shape index (κ1) is 13.9. The van der Waals surface area contributed by atoms with Crippen LogP contribution in [0.4, 0.5) is 0 Å². The van der Waals surface area contributed by atoms with E-state index in [9.17, 15) is 4.79 Å². The Balaban J connectivity index is 1.93. The average molecular weight is 262 g/mol. The van der Waals surface area contributed by atoms with E-state index in [2.05, 4.69) is 11.0 Å². The second kappa shape index (κ2) is 6.57. The molecule has 0 aliphatic carbocycles. The van der Waals surface area contributed by atoms with Crippen molar-refractivity contribution in [3.63, 3.8) is 0 Å². The molecule has 1 saturated heterocycles. The van der Waals surface area contributed by atoms with Crippen molar-refractivity contribution < 1.29 is 9.53 Å². The van der Waals surface area contributed by atoms with Crippen molar-refractivity contribution >= 4 is 5.91 Å². The third-order valence-corrected chi connectivity index (χ3v) is 3.66. The van der Waals surface area contributed by atoms with Gasteiger partial charge < -0.3 is 10.5 Å². The van der Waals surface area contributed by atoms with Crippen LogP contribution < -0.4 is 10.5 Å². The highest BCUT2D eigenvalue weighted by molar-refractivity contribution is 5.76. The van der Waals surface area contributed by atoms with E-state index < -0.39 is 0 Å². The van der Waals surface area contributed by atoms with E-state index in [1.54, 1.807) is 0 Å². The van der Waals surface area contributed by atoms with Gasteiger partial charge in [0.15, 0.2) is 0 Å². The third-order valence-electron chi connectivity index (χ3n) is 3.66. The summed E-state index contributed by atoms with van der Waals surface area (Å²) in [6.07, 6.45) is 1.73. The maximum absolute atomic E-state index is 11.1. The molecular formula is C15H22N2O2. The average Bonchev–Trinajstić information content (AvgIpc) is 2.42. The second-order valence-electron chi connectivity index (χ2n) is 4.99. The minimum absolute atomic E-state index is 0.0541. The van der Waals surface area contributed by atoms with Gasteiger partial charge >= 0.3 is 0 Å². The first-order valence-electron chi connectivity index (χ1n) is 6.93. The van der Waals surface area contributed by atoms with Crippen molar-refractivity contribution in [2.45, 2.75) is 26.3 Å². The van der Waals surface area contributed by atoms with E-state index in [1.807, 2.05) is 25.1 Å². The Morgan fingerprint density at radius 3 is 2.68 bits per heavy atom. The Kier molecular flexibility index (Phi) is 4.80. The third kappa shape index (κ3) is 3.70. The summed E-state index contributed by atoms with van der Waals surface area (Å²) < 4.78 is 5.64. The molecule has 0 aromatic heterocycles. The summed E-state index contributed by atoms with van der Waals surface area (Å²) in [6.45, 7) is 5.40. The molecule has 4 heteroatoms. The molecule has 1 aliphatic rings. The molecule has 0 radical (unpaired) electrons. The van der Waals surface area contributed by atoms with Crippen molar-refractivity contribution in [3.8, 4) is 5.75 Å². The smallest absolute Gasteiger partial charge is 0.220 e. The molecule has 1 heterocycles. The quantitative estimate of drug-likeness (QED) is 0.880. The predicted octanol–water partition coefficient (Wildman–Crippen LogP) is 1.78. The first-order valence-corrected chi connectivity index (χ1v) is 6.93. The zero-order valence-corrected chi connectivity index (χ0v) is 11.5. The number of amides is 1. The molecule has 19 heavy (non-hydrogen) atoms. The Labute approximate surface area is 114 Å². The van der Waals surface area contributed by atoms with Crippen molar-refractivity contribution in [3.05, 3.63) is 29.8 Å². The maximum Gasteiger partial charge on any atom is 0.220 e. The largest absolute Gasteiger partial charge is 0.494 e. The fourth-order valence-corrected chi connectivity index (χ4v) is 2.55. The second-order valence-corrected chi connectivity index (χ2v) is 4.99. The van der Waals surface area contributed by atoms with Crippen LogP contribution in [0.1, 0.15) is 25.3 Å². The number of piperidine rings is 1. The summed E-state index contributed by atoms with van der Waals surface area (Å²) in [5.41, 5.74) is 6.56. The molecule has 0 spiro atoms. The Bertz CT molecular complexity index is 426. The minimum Gasteiger partial charge on any atom is -0.494 e. The lowest BCUT2D eigenvalue weighted by Gasteiger charge is -2.30. The molecule has 0 unspecified atom stereocenters. The van der Waals surface area contributed by atoms with E-state index in [0.29, 0.717) is 6.61 Å². The highest BCUT2D eigenvalue weighted by Gasteiger charge is 2.23. The molecule has 2 N–H and O–H groups in total. The number of ether oxygens (including phenoxy) is 1. The van der Waals surface area contributed by atoms with Gasteiger partial charge in [-0.25, -0.2) is 0 Å². The zero-order chi connectivity index (χ0) is 13.7. The number of nitrogens with two attached hydrogens (primary N) is 1. The van der Waals surface area contributed by atoms with Crippen LogP contribution in [0.2, 0.25) is 0 Å². The first-order chi connectivity index (χ1) is 9.20. The van der Waals surface area contributed by atoms with Gasteiger partial charge in [-0.1, -0.05) is 18.2 Å². The highest BCUT2D eigenvalue weighted by Crippen LogP contribution is 2.23. The lowest BCUT2D eigenvalue weighted by atomic mass is 9.96. The SMILES string of the molecule is CCOc1ccccc1CN1CCC(C(N)=O)CC1. The van der Waals surface area contributed by atoms with Gasteiger partial charge in [-0.3, -0.25) is 9.69 Å². The van der Waals surface area contributed by atoms with Gasteiger partial charge in [0.2, 0.25) is 5.91 Å². The Morgan fingerprint density at radius 2 is 2.05 bits per heavy atom. The van der Waals surface area contributed by atoms with Crippen LogP contribution in [0.5, 0.6) is 5.75 Å². The lowest BCUT2D eigenvalue weighted by Crippen LogP contribution is -2.38. The summed E-state index contributed by atoms with van der Waals surface area (Å²) in [5, 5.41) is 0. The minimum atomic E-state index is -0.158. The van der Waals surface area contributed by atoms with Crippen LogP contribution in [0, 0.1) is 5.92 Å². The number of carbonyl (C=O) groups excluding carboxylic acids is 1. The number of primary amides is 1. The number of hydrogen-bond donors (Lipinski definition) is 1. The number of nitrogens with zero attached hydrogens (tertiary/aromatic N) is 1. The van der Waals surface area contributed by atoms with Crippen molar-refractivity contribution in [2.24, 2.45) is 11.7 Å². The number of carbonyl (C=O) groups is 1. The van der Waals surface area contributed by atoms with Gasteiger partial charge in [0.1, 0.15) is 5.75 Å². The molecule has 1 aromatic rings. The van der Waals surface area contributed by atoms with Crippen LogP contribution in [0.3, 0.4) is 0 Å². The molecule has 2 rings (SSSR count). The molecule has 0 bridgehead atoms. The normalized spacial score (nSPS) is 17.3. The summed E-state index contributed by atoms with van der Waals surface area (Å²) in [7, 11) is 0. The summed E-state index contributed by atoms with van der Waals surface area (Å²) in [5.74, 6) is 0.856. The van der Waals surface area contributed by atoms with Gasteiger partial charge in [-0.2, -0.15) is 0 Å². The fraction of sp³-hybridized carbons (Fsp3) is 0.533. The van der Waals surface area contributed by atoms with Gasteiger partial charge in [-0.05, 0) is 38.9 Å². The topological polar surface area (TPSA) is 55.6 Å². The summed E-state index contributed by atoms with van der Waals surface area (Å²) in [6, 6.07) is 8.14. The zero-order valence-electron chi connectivity index (χ0n) is 11.5. The van der Waals surface area contributed by atoms with Crippen LogP contribution in [0.15, 0.2) is 24.3 Å². The van der Waals surface area contributed by atoms with E-state index in [-0.39, 0.29) is 11.8 Å². The van der Waals surface area contributed by atoms with Gasteiger partial charge in [0.25, 0.3) is 0 Å². The number of para-hydroxylation sites is 1. The van der Waals surface area contributed by atoms with E-state index in [4.69, 9.17) is 10.5 Å². The molecule has 1 amide bonds. The Hall–Kier alpha value is -1.55. The highest BCUT2D eigenvalue weighted by atomic mass is 16.5. The predicted molar refractivity (Wildman–Crippen MR) is 74.8 cm³/mol. The molecule has 1 aliphatic heterocycles. The van der Waals surface area contributed by atoms with Crippen LogP contribution >= 0.6 is 0 Å². The van der Waals surface area contributed by atoms with Gasteiger partial charge in [-0.15, -0.1) is 0 Å². The summed E-state index contributed by atoms with van der Waals surface area (Å²) >= 11 is 0. The van der Waals surface area contributed by atoms with E-state index in [0.717, 1.165) is 38.2 Å². The maximum atomic E-state index is 11.1. The number of rotatable bonds is 5. The molecule has 0 saturated carbocycles. The van der Waals surface area contributed by atoms with Crippen LogP contribution in [-0.4, -0.2) is 30.5 Å². The molecule has 0 atom stereocenters. The number of hydrogen-bond acceptors (Lipinski definition) is 3. The van der Waals surface area contributed by atoms with E-state index >= 15 is 0 Å². The van der Waals surface area contributed by atoms with E-state index in [1.165, 1.54) is 5.56 Å². The number of benzene rings is 1. The molecule has 1 fully saturated rings. The molecule has 4 nitrogen and oxygen atoms in total. The molecule has 104 valence electrons. The monoisotopic (exact) mass is 262 g/mol. The van der Waals surface area contributed by atoms with Gasteiger partial charge in [0, 0.05) is 18.0 Å². The number of likely N-dealkylation sites (tertiary alicyclic amines) is 1. The van der Waals surface area contributed by atoms with Crippen molar-refractivity contribution in [1.29, 1.82) is 0 Å². The standard InChI is InChI=1S/C15H22N2O2/c1-2-19-14-6-4-3-5-13(14)11-17-9-7-12(8-10-17)15(16)18/h3-6,12H,2,7-11H2,1H3,(H2,16,18). The lowest BCUT2D eigenvalue weighted by molar-refractivity contribution is -0.123. The van der Waals surface area contributed by atoms with Crippen LogP contribution in [-0.2, 0) is 11.3 Å². The van der Waals surface area contributed by atoms with Crippen molar-refractivity contribution in [2.75, 3.05) is 19.7 Å². The van der Waals surface area contributed by atoms with Crippen molar-refractivity contribution in [1.82, 2.24) is 4.90 Å². The van der Waals surface area contributed by atoms with Crippen LogP contribution in [0.25, 0.3) is 0 Å². The van der Waals surface area contributed by atoms with Gasteiger partial charge in [0.05, 0.1) is 6.61 Å². The fourth-order valence-electron chi connectivity index (χ4n) is 2.55. The molecule has 1 aromatic carbocycles. The summed E-state index contributed by atoms with van der Waals surface area (Å²) in [4.78, 5) is 13.5. The Morgan fingerprint density at radius 1 is 1.37 bits per heavy atom. The molecular weight excluding hydrogens is 240 g/mol.